The molecular weight excluding hydrogens is 276 g/mol. The molecule has 0 radical (unpaired) electrons. The Balaban J connectivity index is 1.66. The number of benzene rings is 1. The van der Waals surface area contributed by atoms with Crippen molar-refractivity contribution in [1.29, 1.82) is 0 Å². The molecule has 1 aromatic carbocycles. The van der Waals surface area contributed by atoms with Crippen LogP contribution in [0.3, 0.4) is 0 Å². The van der Waals surface area contributed by atoms with Crippen molar-refractivity contribution in [3.05, 3.63) is 58.8 Å². The summed E-state index contributed by atoms with van der Waals surface area (Å²) in [7, 11) is 0. The summed E-state index contributed by atoms with van der Waals surface area (Å²) in [5.41, 5.74) is 3.15. The van der Waals surface area contributed by atoms with Gasteiger partial charge >= 0.3 is 0 Å². The van der Waals surface area contributed by atoms with Crippen molar-refractivity contribution in [2.45, 2.75) is 38.8 Å². The molecule has 1 unspecified atom stereocenters. The zero-order valence-corrected chi connectivity index (χ0v) is 12.7. The van der Waals surface area contributed by atoms with E-state index in [9.17, 15) is 9.59 Å². The topological polar surface area (TPSA) is 58.2 Å². The lowest BCUT2D eigenvalue weighted by Gasteiger charge is -2.28. The average Bonchev–Trinajstić information content (AvgIpc) is 2.55. The van der Waals surface area contributed by atoms with E-state index in [0.29, 0.717) is 6.54 Å². The first-order valence-corrected chi connectivity index (χ1v) is 7.70. The number of ketones is 1. The molecule has 0 bridgehead atoms. The maximum Gasteiger partial charge on any atom is 0.257 e. The van der Waals surface area contributed by atoms with Gasteiger partial charge in [0.1, 0.15) is 5.57 Å². The Bertz CT molecular complexity index is 656. The van der Waals surface area contributed by atoms with Crippen LogP contribution in [0.1, 0.15) is 30.4 Å². The average molecular weight is 296 g/mol. The molecule has 3 rings (SSSR count). The third kappa shape index (κ3) is 2.96. The van der Waals surface area contributed by atoms with Crippen molar-refractivity contribution in [3.63, 3.8) is 0 Å². The number of nitrogens with one attached hydrogen (secondary N) is 2. The van der Waals surface area contributed by atoms with Crippen LogP contribution >= 0.6 is 0 Å². The summed E-state index contributed by atoms with van der Waals surface area (Å²) in [5.74, 6) is -0.451. The summed E-state index contributed by atoms with van der Waals surface area (Å²) in [5, 5.41) is 5.99. The molecule has 0 saturated heterocycles. The number of aryl methyl sites for hydroxylation is 1. The van der Waals surface area contributed by atoms with Gasteiger partial charge in [0.25, 0.3) is 5.91 Å². The first-order valence-electron chi connectivity index (χ1n) is 7.70. The highest BCUT2D eigenvalue weighted by Crippen LogP contribution is 2.24. The highest BCUT2D eigenvalue weighted by atomic mass is 16.2. The van der Waals surface area contributed by atoms with Crippen molar-refractivity contribution in [2.75, 3.05) is 0 Å². The summed E-state index contributed by atoms with van der Waals surface area (Å²) in [6.07, 6.45) is 6.48. The number of carbonyl (C=O) groups is 2. The molecule has 0 saturated carbocycles. The molecule has 4 heteroatoms. The number of carbonyl (C=O) groups excluding carboxylic acids is 2. The molecule has 1 heterocycles. The van der Waals surface area contributed by atoms with Gasteiger partial charge in [-0.3, -0.25) is 9.59 Å². The van der Waals surface area contributed by atoms with Crippen LogP contribution in [0.5, 0.6) is 0 Å². The number of allylic oxidation sites excluding steroid dienone is 1. The minimum atomic E-state index is -0.317. The Morgan fingerprint density at radius 2 is 2.09 bits per heavy atom. The zero-order chi connectivity index (χ0) is 15.5. The SMILES string of the molecule is Cc1ccc(CNC(=O)C2=CNC3CCCC=C3C2=O)cc1. The summed E-state index contributed by atoms with van der Waals surface area (Å²) in [6, 6.07) is 8.04. The largest absolute Gasteiger partial charge is 0.383 e. The Kier molecular flexibility index (Phi) is 4.09. The third-order valence-corrected chi connectivity index (χ3v) is 4.19. The minimum absolute atomic E-state index is 0.0786. The number of rotatable bonds is 3. The number of fused-ring (bicyclic) bond motifs is 1. The summed E-state index contributed by atoms with van der Waals surface area (Å²) < 4.78 is 0. The van der Waals surface area contributed by atoms with Crippen LogP contribution < -0.4 is 10.6 Å². The van der Waals surface area contributed by atoms with Gasteiger partial charge in [-0.2, -0.15) is 0 Å². The molecule has 2 N–H and O–H groups in total. The second kappa shape index (κ2) is 6.18. The van der Waals surface area contributed by atoms with Crippen LogP contribution in [0.2, 0.25) is 0 Å². The number of Topliss-reactive ketones (excluding diaryl/α,β-unsaturated/α-hetero) is 1. The summed E-state index contributed by atoms with van der Waals surface area (Å²) in [4.78, 5) is 24.7. The quantitative estimate of drug-likeness (QED) is 0.840. The zero-order valence-electron chi connectivity index (χ0n) is 12.7. The smallest absolute Gasteiger partial charge is 0.257 e. The Morgan fingerprint density at radius 3 is 2.86 bits per heavy atom. The van der Waals surface area contributed by atoms with Crippen LogP contribution in [-0.4, -0.2) is 17.7 Å². The highest BCUT2D eigenvalue weighted by molar-refractivity contribution is 6.26. The number of hydrogen-bond donors (Lipinski definition) is 2. The molecule has 114 valence electrons. The fourth-order valence-electron chi connectivity index (χ4n) is 2.86. The normalized spacial score (nSPS) is 20.4. The van der Waals surface area contributed by atoms with Crippen molar-refractivity contribution in [1.82, 2.24) is 10.6 Å². The number of amides is 1. The fraction of sp³-hybridized carbons (Fsp3) is 0.333. The molecular formula is C18H20N2O2. The van der Waals surface area contributed by atoms with Gasteiger partial charge in [0.05, 0.1) is 6.04 Å². The molecule has 4 nitrogen and oxygen atoms in total. The van der Waals surface area contributed by atoms with E-state index in [-0.39, 0.29) is 23.3 Å². The second-order valence-electron chi connectivity index (χ2n) is 5.87. The van der Waals surface area contributed by atoms with Gasteiger partial charge in [-0.05, 0) is 31.7 Å². The van der Waals surface area contributed by atoms with E-state index in [1.54, 1.807) is 6.20 Å². The standard InChI is InChI=1S/C18H20N2O2/c1-12-6-8-13(9-7-12)10-20-18(22)15-11-19-16-5-3-2-4-14(16)17(15)21/h4,6-9,11,16,19H,2-3,5,10H2,1H3,(H,20,22). The van der Waals surface area contributed by atoms with E-state index in [1.807, 2.05) is 37.3 Å². The van der Waals surface area contributed by atoms with Crippen molar-refractivity contribution >= 4 is 11.7 Å². The molecule has 1 aromatic rings. The molecule has 0 spiro atoms. The molecule has 22 heavy (non-hydrogen) atoms. The first-order chi connectivity index (χ1) is 10.6. The van der Waals surface area contributed by atoms with Gasteiger partial charge in [0.2, 0.25) is 0 Å². The van der Waals surface area contributed by atoms with E-state index in [4.69, 9.17) is 0 Å². The molecule has 0 aromatic heterocycles. The molecule has 0 fully saturated rings. The van der Waals surface area contributed by atoms with Gasteiger partial charge in [-0.1, -0.05) is 35.9 Å². The highest BCUT2D eigenvalue weighted by Gasteiger charge is 2.31. The maximum atomic E-state index is 12.4. The summed E-state index contributed by atoms with van der Waals surface area (Å²) in [6.45, 7) is 2.44. The van der Waals surface area contributed by atoms with Crippen LogP contribution in [0.15, 0.2) is 47.7 Å². The van der Waals surface area contributed by atoms with E-state index < -0.39 is 0 Å². The van der Waals surface area contributed by atoms with Crippen LogP contribution in [0, 0.1) is 6.92 Å². The predicted octanol–water partition coefficient (Wildman–Crippen LogP) is 2.15. The number of hydrogen-bond acceptors (Lipinski definition) is 3. The summed E-state index contributed by atoms with van der Waals surface area (Å²) >= 11 is 0. The van der Waals surface area contributed by atoms with Gasteiger partial charge in [0, 0.05) is 18.3 Å². The van der Waals surface area contributed by atoms with E-state index in [2.05, 4.69) is 10.6 Å². The molecule has 2 aliphatic rings. The van der Waals surface area contributed by atoms with Crippen LogP contribution in [0.4, 0.5) is 0 Å². The van der Waals surface area contributed by atoms with Crippen molar-refractivity contribution < 1.29 is 9.59 Å². The Labute approximate surface area is 130 Å². The maximum absolute atomic E-state index is 12.4. The lowest BCUT2D eigenvalue weighted by molar-refractivity contribution is -0.121. The Hall–Kier alpha value is -2.36. The van der Waals surface area contributed by atoms with Crippen molar-refractivity contribution in [3.8, 4) is 0 Å². The molecule has 1 amide bonds. The molecule has 1 aliphatic heterocycles. The van der Waals surface area contributed by atoms with E-state index in [0.717, 1.165) is 30.4 Å². The molecule has 1 aliphatic carbocycles. The monoisotopic (exact) mass is 296 g/mol. The first kappa shape index (κ1) is 14.6. The lowest BCUT2D eigenvalue weighted by atomic mass is 9.86. The fourth-order valence-corrected chi connectivity index (χ4v) is 2.86. The predicted molar refractivity (Wildman–Crippen MR) is 85.0 cm³/mol. The van der Waals surface area contributed by atoms with Crippen LogP contribution in [0.25, 0.3) is 0 Å². The Morgan fingerprint density at radius 1 is 1.32 bits per heavy atom. The van der Waals surface area contributed by atoms with E-state index >= 15 is 0 Å². The second-order valence-corrected chi connectivity index (χ2v) is 5.87. The van der Waals surface area contributed by atoms with E-state index in [1.165, 1.54) is 5.56 Å². The molecule has 1 atom stereocenters. The van der Waals surface area contributed by atoms with Gasteiger partial charge in [-0.15, -0.1) is 0 Å². The minimum Gasteiger partial charge on any atom is -0.383 e. The van der Waals surface area contributed by atoms with Crippen molar-refractivity contribution in [2.24, 2.45) is 0 Å². The lowest BCUT2D eigenvalue weighted by Crippen LogP contribution is -2.41. The van der Waals surface area contributed by atoms with Gasteiger partial charge in [0.15, 0.2) is 5.78 Å². The van der Waals surface area contributed by atoms with Gasteiger partial charge in [-0.25, -0.2) is 0 Å². The third-order valence-electron chi connectivity index (χ3n) is 4.19. The van der Waals surface area contributed by atoms with Gasteiger partial charge < -0.3 is 10.6 Å². The van der Waals surface area contributed by atoms with Crippen LogP contribution in [-0.2, 0) is 16.1 Å².